The van der Waals surface area contributed by atoms with Crippen LogP contribution in [-0.4, -0.2) is 37.7 Å². The lowest BCUT2D eigenvalue weighted by Crippen LogP contribution is -2.29. The molecule has 0 aromatic carbocycles. The highest BCUT2D eigenvalue weighted by atomic mass is 32.2. The van der Waals surface area contributed by atoms with Crippen molar-refractivity contribution in [2.75, 3.05) is 18.1 Å². The predicted octanol–water partition coefficient (Wildman–Crippen LogP) is -1.26. The van der Waals surface area contributed by atoms with Crippen LogP contribution in [0.25, 0.3) is 0 Å². The molecule has 0 saturated carbocycles. The summed E-state index contributed by atoms with van der Waals surface area (Å²) < 4.78 is 21.8. The highest BCUT2D eigenvalue weighted by Gasteiger charge is 2.31. The van der Waals surface area contributed by atoms with Crippen LogP contribution in [0.4, 0.5) is 0 Å². The van der Waals surface area contributed by atoms with Crippen LogP contribution in [0.15, 0.2) is 0 Å². The minimum Gasteiger partial charge on any atom is -0.391 e. The molecule has 0 radical (unpaired) electrons. The zero-order valence-corrected chi connectivity index (χ0v) is 7.05. The predicted molar refractivity (Wildman–Crippen MR) is 41.8 cm³/mol. The summed E-state index contributed by atoms with van der Waals surface area (Å²) in [6, 6.07) is 0. The monoisotopic (exact) mass is 179 g/mol. The van der Waals surface area contributed by atoms with Crippen LogP contribution in [0.5, 0.6) is 0 Å². The Morgan fingerprint density at radius 3 is 2.64 bits per heavy atom. The molecule has 2 unspecified atom stereocenters. The molecule has 0 spiro atoms. The fourth-order valence-electron chi connectivity index (χ4n) is 1.32. The number of hydrogen-bond acceptors (Lipinski definition) is 4. The number of rotatable bonds is 2. The van der Waals surface area contributed by atoms with Gasteiger partial charge >= 0.3 is 0 Å². The van der Waals surface area contributed by atoms with Gasteiger partial charge in [-0.2, -0.15) is 0 Å². The minimum atomic E-state index is -2.87. The molecule has 66 valence electrons. The molecule has 5 heteroatoms. The average Bonchev–Trinajstić information content (AvgIpc) is 2.29. The van der Waals surface area contributed by atoms with E-state index in [9.17, 15) is 13.5 Å². The zero-order valence-electron chi connectivity index (χ0n) is 6.23. The molecular weight excluding hydrogens is 166 g/mol. The van der Waals surface area contributed by atoms with Gasteiger partial charge in [-0.25, -0.2) is 8.42 Å². The van der Waals surface area contributed by atoms with Gasteiger partial charge in [-0.05, 0) is 6.42 Å². The quantitative estimate of drug-likeness (QED) is 0.554. The molecule has 0 amide bonds. The Morgan fingerprint density at radius 1 is 1.64 bits per heavy atom. The SMILES string of the molecule is NCC(O)C1CCS(=O)(=O)C1. The third-order valence-electron chi connectivity index (χ3n) is 2.05. The summed E-state index contributed by atoms with van der Waals surface area (Å²) in [5, 5.41) is 9.20. The maximum atomic E-state index is 10.9. The molecule has 3 N–H and O–H groups in total. The van der Waals surface area contributed by atoms with E-state index >= 15 is 0 Å². The average molecular weight is 179 g/mol. The van der Waals surface area contributed by atoms with Gasteiger partial charge in [-0.3, -0.25) is 0 Å². The van der Waals surface area contributed by atoms with E-state index in [2.05, 4.69) is 0 Å². The lowest BCUT2D eigenvalue weighted by molar-refractivity contribution is 0.128. The van der Waals surface area contributed by atoms with Crippen molar-refractivity contribution in [1.82, 2.24) is 0 Å². The summed E-state index contributed by atoms with van der Waals surface area (Å²) >= 11 is 0. The molecular formula is C6H13NO3S. The number of aliphatic hydroxyl groups excluding tert-OH is 1. The lowest BCUT2D eigenvalue weighted by atomic mass is 10.0. The second-order valence-electron chi connectivity index (χ2n) is 2.97. The van der Waals surface area contributed by atoms with E-state index in [0.717, 1.165) is 0 Å². The first-order valence-electron chi connectivity index (χ1n) is 3.64. The first kappa shape index (κ1) is 8.96. The van der Waals surface area contributed by atoms with E-state index in [-0.39, 0.29) is 24.0 Å². The standard InChI is InChI=1S/C6H13NO3S/c7-3-6(8)5-1-2-11(9,10)4-5/h5-6,8H,1-4,7H2. The van der Waals surface area contributed by atoms with Crippen molar-refractivity contribution < 1.29 is 13.5 Å². The summed E-state index contributed by atoms with van der Waals surface area (Å²) in [4.78, 5) is 0. The van der Waals surface area contributed by atoms with Crippen molar-refractivity contribution in [1.29, 1.82) is 0 Å². The first-order chi connectivity index (χ1) is 5.05. The number of sulfone groups is 1. The van der Waals surface area contributed by atoms with Gasteiger partial charge in [0.2, 0.25) is 0 Å². The summed E-state index contributed by atoms with van der Waals surface area (Å²) in [6.45, 7) is 0.153. The van der Waals surface area contributed by atoms with Gasteiger partial charge in [0.05, 0.1) is 17.6 Å². The Labute approximate surface area is 66.3 Å². The summed E-state index contributed by atoms with van der Waals surface area (Å²) in [5.74, 6) is 0.171. The third kappa shape index (κ3) is 2.15. The van der Waals surface area contributed by atoms with Gasteiger partial charge in [0.1, 0.15) is 0 Å². The van der Waals surface area contributed by atoms with E-state index in [4.69, 9.17) is 5.73 Å². The van der Waals surface area contributed by atoms with Gasteiger partial charge < -0.3 is 10.8 Å². The van der Waals surface area contributed by atoms with E-state index in [1.807, 2.05) is 0 Å². The molecule has 0 aliphatic carbocycles. The Hall–Kier alpha value is -0.130. The van der Waals surface area contributed by atoms with E-state index in [0.29, 0.717) is 6.42 Å². The highest BCUT2D eigenvalue weighted by molar-refractivity contribution is 7.91. The Kier molecular flexibility index (Phi) is 2.51. The second-order valence-corrected chi connectivity index (χ2v) is 5.19. The van der Waals surface area contributed by atoms with Gasteiger partial charge in [-0.1, -0.05) is 0 Å². The summed E-state index contributed by atoms with van der Waals surface area (Å²) in [5.41, 5.74) is 5.20. The summed E-state index contributed by atoms with van der Waals surface area (Å²) in [6.07, 6.45) is -0.0898. The first-order valence-corrected chi connectivity index (χ1v) is 5.46. The van der Waals surface area contributed by atoms with E-state index in [1.165, 1.54) is 0 Å². The normalized spacial score (nSPS) is 32.0. The van der Waals surface area contributed by atoms with E-state index in [1.54, 1.807) is 0 Å². The molecule has 1 saturated heterocycles. The largest absolute Gasteiger partial charge is 0.391 e. The van der Waals surface area contributed by atoms with Gasteiger partial charge in [0.15, 0.2) is 9.84 Å². The Balaban J connectivity index is 2.55. The molecule has 0 bridgehead atoms. The van der Waals surface area contributed by atoms with Crippen molar-refractivity contribution in [2.24, 2.45) is 11.7 Å². The second kappa shape index (κ2) is 3.08. The molecule has 4 nitrogen and oxygen atoms in total. The molecule has 1 rings (SSSR count). The topological polar surface area (TPSA) is 80.4 Å². The Morgan fingerprint density at radius 2 is 2.27 bits per heavy atom. The number of hydrogen-bond donors (Lipinski definition) is 2. The van der Waals surface area contributed by atoms with Gasteiger partial charge in [-0.15, -0.1) is 0 Å². The molecule has 0 aromatic heterocycles. The third-order valence-corrected chi connectivity index (χ3v) is 3.85. The van der Waals surface area contributed by atoms with Crippen LogP contribution in [0, 0.1) is 5.92 Å². The van der Waals surface area contributed by atoms with Crippen LogP contribution in [-0.2, 0) is 9.84 Å². The molecule has 2 atom stereocenters. The van der Waals surface area contributed by atoms with Crippen molar-refractivity contribution in [3.8, 4) is 0 Å². The molecule has 1 heterocycles. The van der Waals surface area contributed by atoms with Crippen molar-refractivity contribution in [2.45, 2.75) is 12.5 Å². The van der Waals surface area contributed by atoms with Crippen molar-refractivity contribution >= 4 is 9.84 Å². The minimum absolute atomic E-state index is 0.103. The maximum Gasteiger partial charge on any atom is 0.150 e. The van der Waals surface area contributed by atoms with Crippen LogP contribution >= 0.6 is 0 Å². The van der Waals surface area contributed by atoms with Crippen LogP contribution in [0.2, 0.25) is 0 Å². The zero-order chi connectivity index (χ0) is 8.48. The highest BCUT2D eigenvalue weighted by Crippen LogP contribution is 2.20. The van der Waals surface area contributed by atoms with Crippen LogP contribution in [0.1, 0.15) is 6.42 Å². The fraction of sp³-hybridized carbons (Fsp3) is 1.00. The molecule has 0 aromatic rings. The lowest BCUT2D eigenvalue weighted by Gasteiger charge is -2.12. The molecule has 1 fully saturated rings. The smallest absolute Gasteiger partial charge is 0.150 e. The summed E-state index contributed by atoms with van der Waals surface area (Å²) in [7, 11) is -2.87. The van der Waals surface area contributed by atoms with Crippen LogP contribution in [0.3, 0.4) is 0 Å². The molecule has 1 aliphatic rings. The van der Waals surface area contributed by atoms with Gasteiger partial charge in [0, 0.05) is 12.5 Å². The fourth-order valence-corrected chi connectivity index (χ4v) is 3.19. The number of nitrogens with two attached hydrogens (primary N) is 1. The molecule has 11 heavy (non-hydrogen) atoms. The van der Waals surface area contributed by atoms with Crippen molar-refractivity contribution in [3.63, 3.8) is 0 Å². The van der Waals surface area contributed by atoms with Crippen molar-refractivity contribution in [3.05, 3.63) is 0 Å². The maximum absolute atomic E-state index is 10.9. The van der Waals surface area contributed by atoms with E-state index < -0.39 is 15.9 Å². The van der Waals surface area contributed by atoms with Gasteiger partial charge in [0.25, 0.3) is 0 Å². The Bertz CT molecular complexity index is 224. The number of aliphatic hydroxyl groups is 1. The van der Waals surface area contributed by atoms with Crippen LogP contribution < -0.4 is 5.73 Å². The molecule has 1 aliphatic heterocycles.